The summed E-state index contributed by atoms with van der Waals surface area (Å²) in [6.07, 6.45) is 1.51. The van der Waals surface area contributed by atoms with E-state index in [-0.39, 0.29) is 5.41 Å². The Morgan fingerprint density at radius 2 is 1.86 bits per heavy atom. The molecule has 0 radical (unpaired) electrons. The molecule has 22 heavy (non-hydrogen) atoms. The highest BCUT2D eigenvalue weighted by Crippen LogP contribution is 2.55. The lowest BCUT2D eigenvalue weighted by Gasteiger charge is -2.35. The van der Waals surface area contributed by atoms with E-state index in [0.29, 0.717) is 6.17 Å². The first-order valence-electron chi connectivity index (χ1n) is 7.85. The van der Waals surface area contributed by atoms with E-state index in [1.165, 1.54) is 16.8 Å². The lowest BCUT2D eigenvalue weighted by Crippen LogP contribution is -2.47. The highest BCUT2D eigenvalue weighted by Gasteiger charge is 2.56. The molecule has 2 aliphatic heterocycles. The van der Waals surface area contributed by atoms with Crippen LogP contribution >= 0.6 is 0 Å². The summed E-state index contributed by atoms with van der Waals surface area (Å²) < 4.78 is 5.50. The van der Waals surface area contributed by atoms with Gasteiger partial charge in [-0.15, -0.1) is 0 Å². The number of likely N-dealkylation sites (tertiary alicyclic amines) is 1. The molecule has 0 spiro atoms. The first-order chi connectivity index (χ1) is 10.7. The molecule has 2 aromatic rings. The molecule has 2 atom stereocenters. The van der Waals surface area contributed by atoms with E-state index in [9.17, 15) is 0 Å². The Bertz CT molecular complexity index is 700. The highest BCUT2D eigenvalue weighted by molar-refractivity contribution is 5.69. The first-order valence-corrected chi connectivity index (χ1v) is 7.85. The standard InChI is InChI=1S/C19H22N2O/c1-20-12-11-19(14-7-5-4-6-8-14)16-13-15(22-3)9-10-17(16)21(2)18(19)20/h4-10,13,18H,11-12H2,1-3H3/t18-,19-/m1/s1. The number of hydrogen-bond acceptors (Lipinski definition) is 3. The van der Waals surface area contributed by atoms with Crippen LogP contribution in [0.15, 0.2) is 48.5 Å². The Labute approximate surface area is 132 Å². The molecule has 114 valence electrons. The zero-order chi connectivity index (χ0) is 15.3. The van der Waals surface area contributed by atoms with Crippen molar-refractivity contribution >= 4 is 5.69 Å². The van der Waals surface area contributed by atoms with Gasteiger partial charge in [0.15, 0.2) is 0 Å². The summed E-state index contributed by atoms with van der Waals surface area (Å²) >= 11 is 0. The second kappa shape index (κ2) is 4.75. The number of hydrogen-bond donors (Lipinski definition) is 0. The van der Waals surface area contributed by atoms with Gasteiger partial charge < -0.3 is 9.64 Å². The molecule has 0 saturated carbocycles. The SMILES string of the molecule is COc1ccc2c(c1)[C@]1(c3ccccc3)CCN(C)[C@@H]1N2C. The van der Waals surface area contributed by atoms with Crippen molar-refractivity contribution in [2.24, 2.45) is 0 Å². The fourth-order valence-electron chi connectivity index (χ4n) is 4.50. The molecule has 1 fully saturated rings. The maximum absolute atomic E-state index is 5.50. The minimum absolute atomic E-state index is 0.0363. The molecule has 3 heteroatoms. The summed E-state index contributed by atoms with van der Waals surface area (Å²) in [7, 11) is 6.19. The minimum atomic E-state index is 0.0363. The lowest BCUT2D eigenvalue weighted by molar-refractivity contribution is 0.278. The Kier molecular flexibility index (Phi) is 2.95. The molecule has 0 aromatic heterocycles. The van der Waals surface area contributed by atoms with E-state index < -0.39 is 0 Å². The van der Waals surface area contributed by atoms with E-state index in [1.54, 1.807) is 7.11 Å². The molecule has 2 aliphatic rings. The van der Waals surface area contributed by atoms with Crippen molar-refractivity contribution in [2.45, 2.75) is 18.0 Å². The lowest BCUT2D eigenvalue weighted by atomic mass is 9.73. The molecule has 0 unspecified atom stereocenters. The summed E-state index contributed by atoms with van der Waals surface area (Å²) in [6, 6.07) is 17.4. The topological polar surface area (TPSA) is 15.7 Å². The number of nitrogens with zero attached hydrogens (tertiary/aromatic N) is 2. The zero-order valence-electron chi connectivity index (χ0n) is 13.4. The molecule has 3 nitrogen and oxygen atoms in total. The van der Waals surface area contributed by atoms with Crippen molar-refractivity contribution in [1.29, 1.82) is 0 Å². The molecule has 4 rings (SSSR count). The third-order valence-electron chi connectivity index (χ3n) is 5.44. The number of likely N-dealkylation sites (N-methyl/N-ethyl adjacent to an activating group) is 2. The molecule has 1 saturated heterocycles. The summed E-state index contributed by atoms with van der Waals surface area (Å²) in [4.78, 5) is 4.90. The number of fused-ring (bicyclic) bond motifs is 3. The van der Waals surface area contributed by atoms with Crippen LogP contribution in [0.3, 0.4) is 0 Å². The van der Waals surface area contributed by atoms with Crippen LogP contribution in [-0.4, -0.2) is 38.8 Å². The van der Waals surface area contributed by atoms with Crippen LogP contribution in [-0.2, 0) is 5.41 Å². The second-order valence-electron chi connectivity index (χ2n) is 6.44. The Balaban J connectivity index is 1.99. The first kappa shape index (κ1) is 13.6. The Morgan fingerprint density at radius 3 is 2.59 bits per heavy atom. The van der Waals surface area contributed by atoms with Gasteiger partial charge in [0, 0.05) is 19.3 Å². The zero-order valence-corrected chi connectivity index (χ0v) is 13.4. The van der Waals surface area contributed by atoms with E-state index >= 15 is 0 Å². The predicted octanol–water partition coefficient (Wildman–Crippen LogP) is 3.09. The van der Waals surface area contributed by atoms with Gasteiger partial charge in [-0.1, -0.05) is 30.3 Å². The van der Waals surface area contributed by atoms with Gasteiger partial charge in [0.05, 0.1) is 18.7 Å². The molecule has 0 N–H and O–H groups in total. The number of ether oxygens (including phenoxy) is 1. The molecule has 2 aromatic carbocycles. The Hall–Kier alpha value is -2.00. The van der Waals surface area contributed by atoms with Gasteiger partial charge in [0.2, 0.25) is 0 Å². The number of methoxy groups -OCH3 is 1. The van der Waals surface area contributed by atoms with E-state index in [0.717, 1.165) is 18.7 Å². The van der Waals surface area contributed by atoms with Gasteiger partial charge in [-0.05, 0) is 42.8 Å². The largest absolute Gasteiger partial charge is 0.497 e. The monoisotopic (exact) mass is 294 g/mol. The summed E-state index contributed by atoms with van der Waals surface area (Å²) in [5.74, 6) is 0.942. The van der Waals surface area contributed by atoms with Gasteiger partial charge in [-0.25, -0.2) is 0 Å². The third kappa shape index (κ3) is 1.60. The highest BCUT2D eigenvalue weighted by atomic mass is 16.5. The fourth-order valence-corrected chi connectivity index (χ4v) is 4.50. The van der Waals surface area contributed by atoms with Crippen LogP contribution in [0.1, 0.15) is 17.5 Å². The van der Waals surface area contributed by atoms with Gasteiger partial charge in [0.25, 0.3) is 0 Å². The maximum Gasteiger partial charge on any atom is 0.119 e. The van der Waals surface area contributed by atoms with E-state index in [2.05, 4.69) is 72.4 Å². The van der Waals surface area contributed by atoms with Crippen molar-refractivity contribution in [3.8, 4) is 5.75 Å². The molecule has 0 aliphatic carbocycles. The van der Waals surface area contributed by atoms with Crippen molar-refractivity contribution < 1.29 is 4.74 Å². The molecule has 0 amide bonds. The van der Waals surface area contributed by atoms with Gasteiger partial charge in [-0.3, -0.25) is 4.90 Å². The maximum atomic E-state index is 5.50. The summed E-state index contributed by atoms with van der Waals surface area (Å²) in [5, 5.41) is 0. The third-order valence-corrected chi connectivity index (χ3v) is 5.44. The van der Waals surface area contributed by atoms with Crippen molar-refractivity contribution in [2.75, 3.05) is 32.6 Å². The number of benzene rings is 2. The predicted molar refractivity (Wildman–Crippen MR) is 89.7 cm³/mol. The van der Waals surface area contributed by atoms with Crippen LogP contribution in [0, 0.1) is 0 Å². The van der Waals surface area contributed by atoms with Crippen LogP contribution in [0.25, 0.3) is 0 Å². The van der Waals surface area contributed by atoms with Gasteiger partial charge >= 0.3 is 0 Å². The molecule has 0 bridgehead atoms. The van der Waals surface area contributed by atoms with Gasteiger partial charge in [0.1, 0.15) is 5.75 Å². The molecule has 2 heterocycles. The van der Waals surface area contributed by atoms with Crippen molar-refractivity contribution in [3.05, 3.63) is 59.7 Å². The summed E-state index contributed by atoms with van der Waals surface area (Å²) in [6.45, 7) is 1.11. The molecular weight excluding hydrogens is 272 g/mol. The smallest absolute Gasteiger partial charge is 0.119 e. The van der Waals surface area contributed by atoms with Crippen LogP contribution < -0.4 is 9.64 Å². The Morgan fingerprint density at radius 1 is 1.09 bits per heavy atom. The van der Waals surface area contributed by atoms with Crippen LogP contribution in [0.4, 0.5) is 5.69 Å². The number of rotatable bonds is 2. The van der Waals surface area contributed by atoms with Crippen LogP contribution in [0.2, 0.25) is 0 Å². The average Bonchev–Trinajstić information content (AvgIpc) is 3.04. The fraction of sp³-hybridized carbons (Fsp3) is 0.368. The quantitative estimate of drug-likeness (QED) is 0.846. The summed E-state index contributed by atoms with van der Waals surface area (Å²) in [5.41, 5.74) is 4.16. The van der Waals surface area contributed by atoms with Gasteiger partial charge in [-0.2, -0.15) is 0 Å². The van der Waals surface area contributed by atoms with Crippen LogP contribution in [0.5, 0.6) is 5.75 Å². The van der Waals surface area contributed by atoms with Crippen molar-refractivity contribution in [3.63, 3.8) is 0 Å². The average molecular weight is 294 g/mol. The van der Waals surface area contributed by atoms with E-state index in [1.807, 2.05) is 0 Å². The van der Waals surface area contributed by atoms with E-state index in [4.69, 9.17) is 4.74 Å². The minimum Gasteiger partial charge on any atom is -0.497 e. The molecular formula is C19H22N2O. The second-order valence-corrected chi connectivity index (χ2v) is 6.44. The normalized spacial score (nSPS) is 26.9. The number of anilines is 1. The van der Waals surface area contributed by atoms with Crippen molar-refractivity contribution in [1.82, 2.24) is 4.90 Å².